The molecule has 0 N–H and O–H groups in total. The quantitative estimate of drug-likeness (QED) is 0.747. The molecule has 4 heteroatoms. The number of aryl methyl sites for hydroxylation is 2. The summed E-state index contributed by atoms with van der Waals surface area (Å²) in [6.07, 6.45) is 7.39. The molecular formula is C14H20N2OS. The predicted octanol–water partition coefficient (Wildman–Crippen LogP) is 3.60. The van der Waals surface area contributed by atoms with E-state index >= 15 is 0 Å². The molecule has 0 aliphatic carbocycles. The second-order valence-corrected chi connectivity index (χ2v) is 5.75. The Hall–Kier alpha value is -1.16. The summed E-state index contributed by atoms with van der Waals surface area (Å²) in [4.78, 5) is 18.8. The van der Waals surface area contributed by atoms with E-state index in [0.29, 0.717) is 0 Å². The average molecular weight is 264 g/mol. The number of aromatic nitrogens is 2. The molecule has 0 unspecified atom stereocenters. The van der Waals surface area contributed by atoms with Gasteiger partial charge in [0.25, 0.3) is 5.56 Å². The first kappa shape index (κ1) is 13.3. The fraction of sp³-hybridized carbons (Fsp3) is 0.571. The first-order valence-electron chi connectivity index (χ1n) is 6.74. The minimum absolute atomic E-state index is 0.111. The fourth-order valence-electron chi connectivity index (χ4n) is 2.08. The second kappa shape index (κ2) is 6.14. The molecule has 0 fully saturated rings. The lowest BCUT2D eigenvalue weighted by atomic mass is 10.2. The van der Waals surface area contributed by atoms with Gasteiger partial charge >= 0.3 is 0 Å². The van der Waals surface area contributed by atoms with Gasteiger partial charge in [0.1, 0.15) is 4.83 Å². The number of rotatable bonds is 6. The predicted molar refractivity (Wildman–Crippen MR) is 77.4 cm³/mol. The minimum atomic E-state index is 0.111. The van der Waals surface area contributed by atoms with Crippen LogP contribution in [0.15, 0.2) is 17.2 Å². The van der Waals surface area contributed by atoms with Gasteiger partial charge in [0.05, 0.1) is 11.7 Å². The summed E-state index contributed by atoms with van der Waals surface area (Å²) < 4.78 is 1.71. The third-order valence-electron chi connectivity index (χ3n) is 3.06. The van der Waals surface area contributed by atoms with Gasteiger partial charge in [-0.3, -0.25) is 9.36 Å². The van der Waals surface area contributed by atoms with Crippen molar-refractivity contribution in [2.75, 3.05) is 0 Å². The average Bonchev–Trinajstić information content (AvgIpc) is 2.77. The number of nitrogens with zero attached hydrogens (tertiary/aromatic N) is 2. The molecule has 0 spiro atoms. The molecular weight excluding hydrogens is 244 g/mol. The number of unbranched alkanes of at least 4 members (excludes halogenated alkanes) is 2. The van der Waals surface area contributed by atoms with Crippen molar-refractivity contribution in [1.29, 1.82) is 0 Å². The fourth-order valence-corrected chi connectivity index (χ4v) is 3.11. The van der Waals surface area contributed by atoms with Crippen molar-refractivity contribution in [2.24, 2.45) is 0 Å². The second-order valence-electron chi connectivity index (χ2n) is 4.63. The van der Waals surface area contributed by atoms with E-state index in [-0.39, 0.29) is 5.56 Å². The van der Waals surface area contributed by atoms with Gasteiger partial charge in [-0.15, -0.1) is 11.3 Å². The van der Waals surface area contributed by atoms with Crippen LogP contribution in [-0.2, 0) is 13.0 Å². The van der Waals surface area contributed by atoms with E-state index in [9.17, 15) is 4.79 Å². The standard InChI is InChI=1S/C14H20N2OS/c1-3-5-6-7-11-9-12-13(18-11)15-10-16(8-4-2)14(12)17/h9-10H,3-8H2,1-2H3. The Morgan fingerprint density at radius 2 is 2.11 bits per heavy atom. The highest BCUT2D eigenvalue weighted by Gasteiger charge is 2.08. The Morgan fingerprint density at radius 1 is 1.28 bits per heavy atom. The van der Waals surface area contributed by atoms with Gasteiger partial charge in [-0.05, 0) is 25.3 Å². The molecule has 2 aromatic rings. The van der Waals surface area contributed by atoms with E-state index in [1.807, 2.05) is 6.07 Å². The molecule has 0 aliphatic rings. The Bertz CT molecular complexity index is 571. The van der Waals surface area contributed by atoms with Crippen molar-refractivity contribution in [2.45, 2.75) is 52.5 Å². The molecule has 0 radical (unpaired) electrons. The van der Waals surface area contributed by atoms with Crippen LogP contribution < -0.4 is 5.56 Å². The zero-order valence-electron chi connectivity index (χ0n) is 11.1. The van der Waals surface area contributed by atoms with Gasteiger partial charge in [0.15, 0.2) is 0 Å². The summed E-state index contributed by atoms with van der Waals surface area (Å²) >= 11 is 1.66. The molecule has 2 rings (SSSR count). The maximum absolute atomic E-state index is 12.2. The van der Waals surface area contributed by atoms with Crippen LogP contribution in [0, 0.1) is 0 Å². The molecule has 0 saturated heterocycles. The molecule has 98 valence electrons. The third-order valence-corrected chi connectivity index (χ3v) is 4.16. The highest BCUT2D eigenvalue weighted by molar-refractivity contribution is 7.18. The molecule has 0 bridgehead atoms. The Labute approximate surface area is 111 Å². The van der Waals surface area contributed by atoms with Gasteiger partial charge in [-0.25, -0.2) is 4.98 Å². The van der Waals surface area contributed by atoms with Crippen LogP contribution in [0.4, 0.5) is 0 Å². The highest BCUT2D eigenvalue weighted by Crippen LogP contribution is 2.22. The van der Waals surface area contributed by atoms with Crippen LogP contribution in [0.25, 0.3) is 10.2 Å². The SMILES string of the molecule is CCCCCc1cc2c(=O)n(CCC)cnc2s1. The number of thiophene rings is 1. The van der Waals surface area contributed by atoms with Gasteiger partial charge < -0.3 is 0 Å². The van der Waals surface area contributed by atoms with Crippen LogP contribution in [0.2, 0.25) is 0 Å². The maximum atomic E-state index is 12.2. The largest absolute Gasteiger partial charge is 0.299 e. The van der Waals surface area contributed by atoms with Gasteiger partial charge in [-0.1, -0.05) is 26.7 Å². The molecule has 2 aromatic heterocycles. The van der Waals surface area contributed by atoms with E-state index in [0.717, 1.165) is 29.6 Å². The van der Waals surface area contributed by atoms with Crippen molar-refractivity contribution in [3.05, 3.63) is 27.6 Å². The lowest BCUT2D eigenvalue weighted by Gasteiger charge is -2.01. The Kier molecular flexibility index (Phi) is 4.53. The molecule has 18 heavy (non-hydrogen) atoms. The smallest absolute Gasteiger partial charge is 0.262 e. The summed E-state index contributed by atoms with van der Waals surface area (Å²) in [5.41, 5.74) is 0.111. The summed E-state index contributed by atoms with van der Waals surface area (Å²) in [5.74, 6) is 0. The van der Waals surface area contributed by atoms with E-state index in [4.69, 9.17) is 0 Å². The maximum Gasteiger partial charge on any atom is 0.262 e. The van der Waals surface area contributed by atoms with Crippen molar-refractivity contribution >= 4 is 21.6 Å². The number of fused-ring (bicyclic) bond motifs is 1. The summed E-state index contributed by atoms with van der Waals surface area (Å²) in [6, 6.07) is 2.04. The van der Waals surface area contributed by atoms with Crippen LogP contribution in [-0.4, -0.2) is 9.55 Å². The third kappa shape index (κ3) is 2.80. The van der Waals surface area contributed by atoms with Crippen LogP contribution in [0.1, 0.15) is 44.4 Å². The summed E-state index contributed by atoms with van der Waals surface area (Å²) in [7, 11) is 0. The highest BCUT2D eigenvalue weighted by atomic mass is 32.1. The van der Waals surface area contributed by atoms with Crippen LogP contribution in [0.3, 0.4) is 0 Å². The molecule has 3 nitrogen and oxygen atoms in total. The normalized spacial score (nSPS) is 11.2. The van der Waals surface area contributed by atoms with Crippen LogP contribution in [0.5, 0.6) is 0 Å². The first-order valence-corrected chi connectivity index (χ1v) is 7.55. The number of hydrogen-bond donors (Lipinski definition) is 0. The summed E-state index contributed by atoms with van der Waals surface area (Å²) in [5, 5.41) is 0.794. The summed E-state index contributed by atoms with van der Waals surface area (Å²) in [6.45, 7) is 5.03. The van der Waals surface area contributed by atoms with Gasteiger partial charge in [0, 0.05) is 11.4 Å². The van der Waals surface area contributed by atoms with Crippen molar-refractivity contribution in [1.82, 2.24) is 9.55 Å². The van der Waals surface area contributed by atoms with Crippen molar-refractivity contribution in [3.63, 3.8) is 0 Å². The van der Waals surface area contributed by atoms with Gasteiger partial charge in [-0.2, -0.15) is 0 Å². The molecule has 2 heterocycles. The lowest BCUT2D eigenvalue weighted by Crippen LogP contribution is -2.19. The Balaban J connectivity index is 2.27. The molecule has 0 aromatic carbocycles. The Morgan fingerprint density at radius 3 is 2.83 bits per heavy atom. The molecule has 0 saturated carbocycles. The zero-order valence-corrected chi connectivity index (χ0v) is 11.9. The first-order chi connectivity index (χ1) is 8.76. The number of hydrogen-bond acceptors (Lipinski definition) is 3. The minimum Gasteiger partial charge on any atom is -0.299 e. The zero-order chi connectivity index (χ0) is 13.0. The molecule has 0 aliphatic heterocycles. The van der Waals surface area contributed by atoms with Crippen molar-refractivity contribution in [3.8, 4) is 0 Å². The monoisotopic (exact) mass is 264 g/mol. The lowest BCUT2D eigenvalue weighted by molar-refractivity contribution is 0.648. The molecule has 0 atom stereocenters. The van der Waals surface area contributed by atoms with E-state index in [1.165, 1.54) is 24.1 Å². The van der Waals surface area contributed by atoms with E-state index in [2.05, 4.69) is 18.8 Å². The van der Waals surface area contributed by atoms with Gasteiger partial charge in [0.2, 0.25) is 0 Å². The van der Waals surface area contributed by atoms with Crippen molar-refractivity contribution < 1.29 is 0 Å². The molecule has 0 amide bonds. The van der Waals surface area contributed by atoms with E-state index < -0.39 is 0 Å². The van der Waals surface area contributed by atoms with Crippen LogP contribution >= 0.6 is 11.3 Å². The topological polar surface area (TPSA) is 34.9 Å². The van der Waals surface area contributed by atoms with E-state index in [1.54, 1.807) is 22.2 Å².